The smallest absolute Gasteiger partial charge is 0.258 e. The highest BCUT2D eigenvalue weighted by Crippen LogP contribution is 2.21. The van der Waals surface area contributed by atoms with Crippen molar-refractivity contribution in [1.29, 1.82) is 0 Å². The molecule has 0 heterocycles. The number of hydrogen-bond donors (Lipinski definition) is 1. The molecule has 3 nitrogen and oxygen atoms in total. The second-order valence-electron chi connectivity index (χ2n) is 4.80. The molecule has 0 aromatic heterocycles. The van der Waals surface area contributed by atoms with E-state index in [4.69, 9.17) is 4.74 Å². The van der Waals surface area contributed by atoms with E-state index in [0.29, 0.717) is 11.7 Å². The van der Waals surface area contributed by atoms with Gasteiger partial charge in [-0.25, -0.2) is 0 Å². The maximum atomic E-state index is 11.6. The lowest BCUT2D eigenvalue weighted by atomic mass is 10.1. The average molecular weight is 314 g/mol. The van der Waals surface area contributed by atoms with Crippen LogP contribution in [0.25, 0.3) is 0 Å². The molecule has 0 saturated carbocycles. The summed E-state index contributed by atoms with van der Waals surface area (Å²) in [6, 6.07) is 5.83. The Kier molecular flexibility index (Phi) is 5.66. The SMILES string of the molecule is Cc1cc(OCC(=O)NC(C)C(C)C)ccc1Br. The number of benzene rings is 1. The van der Waals surface area contributed by atoms with Gasteiger partial charge in [-0.1, -0.05) is 29.8 Å². The van der Waals surface area contributed by atoms with Crippen LogP contribution in [0.5, 0.6) is 5.75 Å². The molecule has 0 aliphatic carbocycles. The van der Waals surface area contributed by atoms with E-state index >= 15 is 0 Å². The Balaban J connectivity index is 2.45. The summed E-state index contributed by atoms with van der Waals surface area (Å²) in [5.41, 5.74) is 1.09. The summed E-state index contributed by atoms with van der Waals surface area (Å²) in [5.74, 6) is 1.05. The normalized spacial score (nSPS) is 12.3. The molecule has 0 spiro atoms. The first-order valence-corrected chi connectivity index (χ1v) is 6.87. The van der Waals surface area contributed by atoms with Gasteiger partial charge in [0.2, 0.25) is 0 Å². The Morgan fingerprint density at radius 2 is 2.06 bits per heavy atom. The number of aryl methyl sites for hydroxylation is 1. The third-order valence-corrected chi connectivity index (χ3v) is 3.78. The Morgan fingerprint density at radius 3 is 2.61 bits per heavy atom. The first-order valence-electron chi connectivity index (χ1n) is 6.08. The number of hydrogen-bond acceptors (Lipinski definition) is 2. The van der Waals surface area contributed by atoms with Gasteiger partial charge in [0.05, 0.1) is 0 Å². The Labute approximate surface area is 117 Å². The van der Waals surface area contributed by atoms with E-state index in [1.165, 1.54) is 0 Å². The van der Waals surface area contributed by atoms with Crippen LogP contribution < -0.4 is 10.1 Å². The number of nitrogens with one attached hydrogen (secondary N) is 1. The molecule has 1 N–H and O–H groups in total. The minimum absolute atomic E-state index is 0.0537. The molecule has 1 unspecified atom stereocenters. The fourth-order valence-electron chi connectivity index (χ4n) is 1.32. The van der Waals surface area contributed by atoms with Gasteiger partial charge >= 0.3 is 0 Å². The highest BCUT2D eigenvalue weighted by Gasteiger charge is 2.11. The van der Waals surface area contributed by atoms with Crippen LogP contribution in [-0.4, -0.2) is 18.6 Å². The summed E-state index contributed by atoms with van der Waals surface area (Å²) in [4.78, 5) is 11.6. The quantitative estimate of drug-likeness (QED) is 0.905. The molecule has 0 fully saturated rings. The lowest BCUT2D eigenvalue weighted by Crippen LogP contribution is -2.38. The predicted molar refractivity (Wildman–Crippen MR) is 76.8 cm³/mol. The number of halogens is 1. The van der Waals surface area contributed by atoms with Crippen molar-refractivity contribution in [3.63, 3.8) is 0 Å². The van der Waals surface area contributed by atoms with Crippen LogP contribution in [0, 0.1) is 12.8 Å². The zero-order valence-corrected chi connectivity index (χ0v) is 12.9. The Hall–Kier alpha value is -1.03. The summed E-state index contributed by atoms with van der Waals surface area (Å²) in [5, 5.41) is 2.90. The summed E-state index contributed by atoms with van der Waals surface area (Å²) in [7, 11) is 0. The van der Waals surface area contributed by atoms with Crippen molar-refractivity contribution in [3.8, 4) is 5.75 Å². The molecular weight excluding hydrogens is 294 g/mol. The predicted octanol–water partition coefficient (Wildman–Crippen LogP) is 3.30. The van der Waals surface area contributed by atoms with Crippen LogP contribution in [0.2, 0.25) is 0 Å². The van der Waals surface area contributed by atoms with Crippen molar-refractivity contribution in [2.24, 2.45) is 5.92 Å². The fraction of sp³-hybridized carbons (Fsp3) is 0.500. The minimum atomic E-state index is -0.0863. The van der Waals surface area contributed by atoms with Crippen molar-refractivity contribution in [2.75, 3.05) is 6.61 Å². The van der Waals surface area contributed by atoms with Gasteiger partial charge in [0.15, 0.2) is 6.61 Å². The Morgan fingerprint density at radius 1 is 1.39 bits per heavy atom. The lowest BCUT2D eigenvalue weighted by molar-refractivity contribution is -0.124. The van der Waals surface area contributed by atoms with Gasteiger partial charge in [-0.05, 0) is 43.5 Å². The molecule has 0 saturated heterocycles. The van der Waals surface area contributed by atoms with E-state index < -0.39 is 0 Å². The van der Waals surface area contributed by atoms with Crippen molar-refractivity contribution in [3.05, 3.63) is 28.2 Å². The molecule has 18 heavy (non-hydrogen) atoms. The van der Waals surface area contributed by atoms with Crippen molar-refractivity contribution in [2.45, 2.75) is 33.7 Å². The van der Waals surface area contributed by atoms with Crippen LogP contribution in [0.3, 0.4) is 0 Å². The first kappa shape index (κ1) is 15.0. The van der Waals surface area contributed by atoms with Crippen LogP contribution in [0.4, 0.5) is 0 Å². The highest BCUT2D eigenvalue weighted by molar-refractivity contribution is 9.10. The molecule has 0 radical (unpaired) electrons. The van der Waals surface area contributed by atoms with Crippen molar-refractivity contribution in [1.82, 2.24) is 5.32 Å². The maximum absolute atomic E-state index is 11.6. The zero-order valence-electron chi connectivity index (χ0n) is 11.3. The van der Waals surface area contributed by atoms with Crippen LogP contribution in [-0.2, 0) is 4.79 Å². The first-order chi connectivity index (χ1) is 8.40. The number of ether oxygens (including phenoxy) is 1. The standard InChI is InChI=1S/C14H20BrNO2/c1-9(2)11(4)16-14(17)8-18-12-5-6-13(15)10(3)7-12/h5-7,9,11H,8H2,1-4H3,(H,16,17). The minimum Gasteiger partial charge on any atom is -0.484 e. The van der Waals surface area contributed by atoms with E-state index in [0.717, 1.165) is 10.0 Å². The van der Waals surface area contributed by atoms with Gasteiger partial charge in [-0.2, -0.15) is 0 Å². The summed E-state index contributed by atoms with van der Waals surface area (Å²) < 4.78 is 6.49. The molecule has 1 rings (SSSR count). The monoisotopic (exact) mass is 313 g/mol. The molecule has 4 heteroatoms. The number of carbonyl (C=O) groups excluding carboxylic acids is 1. The van der Waals surface area contributed by atoms with E-state index in [9.17, 15) is 4.79 Å². The zero-order chi connectivity index (χ0) is 13.7. The van der Waals surface area contributed by atoms with Gasteiger partial charge in [0.25, 0.3) is 5.91 Å². The van der Waals surface area contributed by atoms with Crippen molar-refractivity contribution < 1.29 is 9.53 Å². The maximum Gasteiger partial charge on any atom is 0.258 e. The molecular formula is C14H20BrNO2. The second kappa shape index (κ2) is 6.78. The average Bonchev–Trinajstić information content (AvgIpc) is 2.30. The molecule has 100 valence electrons. The van der Waals surface area contributed by atoms with Crippen molar-refractivity contribution >= 4 is 21.8 Å². The van der Waals surface area contributed by atoms with Gasteiger partial charge in [-0.15, -0.1) is 0 Å². The highest BCUT2D eigenvalue weighted by atomic mass is 79.9. The molecule has 1 aromatic rings. The molecule has 0 aliphatic heterocycles. The summed E-state index contributed by atoms with van der Waals surface area (Å²) in [6.07, 6.45) is 0. The molecule has 0 aliphatic rings. The lowest BCUT2D eigenvalue weighted by Gasteiger charge is -2.17. The van der Waals surface area contributed by atoms with E-state index in [-0.39, 0.29) is 18.6 Å². The van der Waals surface area contributed by atoms with Gasteiger partial charge in [0.1, 0.15) is 5.75 Å². The molecule has 1 amide bonds. The Bertz CT molecular complexity index is 418. The number of amides is 1. The molecule has 0 bridgehead atoms. The van der Waals surface area contributed by atoms with Crippen LogP contribution >= 0.6 is 15.9 Å². The summed E-state index contributed by atoms with van der Waals surface area (Å²) in [6.45, 7) is 8.18. The second-order valence-corrected chi connectivity index (χ2v) is 5.65. The van der Waals surface area contributed by atoms with Gasteiger partial charge < -0.3 is 10.1 Å². The largest absolute Gasteiger partial charge is 0.484 e. The third-order valence-electron chi connectivity index (χ3n) is 2.89. The summed E-state index contributed by atoms with van der Waals surface area (Å²) >= 11 is 3.42. The fourth-order valence-corrected chi connectivity index (χ4v) is 1.56. The van der Waals surface area contributed by atoms with E-state index in [2.05, 4.69) is 35.1 Å². The van der Waals surface area contributed by atoms with Gasteiger partial charge in [-0.3, -0.25) is 4.79 Å². The van der Waals surface area contributed by atoms with Crippen LogP contribution in [0.1, 0.15) is 26.3 Å². The third kappa shape index (κ3) is 4.69. The van der Waals surface area contributed by atoms with Gasteiger partial charge in [0, 0.05) is 10.5 Å². The van der Waals surface area contributed by atoms with E-state index in [1.807, 2.05) is 32.0 Å². The number of rotatable bonds is 5. The molecule has 1 aromatic carbocycles. The van der Waals surface area contributed by atoms with Crippen LogP contribution in [0.15, 0.2) is 22.7 Å². The topological polar surface area (TPSA) is 38.3 Å². The molecule has 1 atom stereocenters. The number of carbonyl (C=O) groups is 1. The van der Waals surface area contributed by atoms with E-state index in [1.54, 1.807) is 0 Å².